The van der Waals surface area contributed by atoms with Crippen LogP contribution in [0.1, 0.15) is 44.0 Å². The first kappa shape index (κ1) is 19.3. The number of H-pyrrole nitrogens is 1. The summed E-state index contributed by atoms with van der Waals surface area (Å²) < 4.78 is 9.41. The van der Waals surface area contributed by atoms with Gasteiger partial charge in [-0.25, -0.2) is 0 Å². The van der Waals surface area contributed by atoms with Gasteiger partial charge in [0.15, 0.2) is 0 Å². The zero-order valence-corrected chi connectivity index (χ0v) is 15.6. The van der Waals surface area contributed by atoms with Crippen LogP contribution in [0.5, 0.6) is 0 Å². The third kappa shape index (κ3) is 3.66. The lowest BCUT2D eigenvalue weighted by Crippen LogP contribution is -2.29. The number of fused-ring (bicyclic) bond motifs is 1. The van der Waals surface area contributed by atoms with E-state index in [-0.39, 0.29) is 37.2 Å². The van der Waals surface area contributed by atoms with E-state index in [2.05, 4.69) is 9.72 Å². The number of carbonyl (C=O) groups is 4. The second-order valence-corrected chi connectivity index (χ2v) is 6.34. The van der Waals surface area contributed by atoms with E-state index < -0.39 is 5.97 Å². The average Bonchev–Trinajstić information content (AvgIpc) is 3.20. The number of esters is 2. The summed E-state index contributed by atoms with van der Waals surface area (Å²) >= 11 is 0. The molecule has 0 radical (unpaired) electrons. The second-order valence-electron chi connectivity index (χ2n) is 6.34. The first-order chi connectivity index (χ1) is 13.5. The minimum absolute atomic E-state index is 0.00308. The van der Waals surface area contributed by atoms with Gasteiger partial charge in [-0.05, 0) is 29.7 Å². The normalized spacial score (nSPS) is 12.9. The molecule has 0 fully saturated rings. The standard InChI is InChI=1S/C20H20N2O6/c1-27-17(23)8-7-12-10-21-16(15(12)9-18(24)28-2)11-22-19(25)13-5-3-4-6-14(13)20(22)26/h3-6,10,21H,7-9,11H2,1-2H3. The Bertz CT molecular complexity index is 911. The number of amides is 2. The van der Waals surface area contributed by atoms with Crippen molar-refractivity contribution in [2.75, 3.05) is 14.2 Å². The molecule has 1 aliphatic heterocycles. The Morgan fingerprint density at radius 2 is 1.61 bits per heavy atom. The van der Waals surface area contributed by atoms with E-state index in [1.165, 1.54) is 14.2 Å². The van der Waals surface area contributed by atoms with Gasteiger partial charge in [-0.3, -0.25) is 24.1 Å². The van der Waals surface area contributed by atoms with Gasteiger partial charge in [0.25, 0.3) is 11.8 Å². The summed E-state index contributed by atoms with van der Waals surface area (Å²) in [5.74, 6) is -1.58. The van der Waals surface area contributed by atoms with Gasteiger partial charge in [0, 0.05) is 18.3 Å². The smallest absolute Gasteiger partial charge is 0.310 e. The third-order valence-corrected chi connectivity index (χ3v) is 4.74. The van der Waals surface area contributed by atoms with E-state index in [4.69, 9.17) is 4.74 Å². The lowest BCUT2D eigenvalue weighted by molar-refractivity contribution is -0.141. The average molecular weight is 384 g/mol. The monoisotopic (exact) mass is 384 g/mol. The lowest BCUT2D eigenvalue weighted by Gasteiger charge is -2.15. The number of nitrogens with zero attached hydrogens (tertiary/aromatic N) is 1. The van der Waals surface area contributed by atoms with E-state index in [1.54, 1.807) is 30.5 Å². The zero-order chi connectivity index (χ0) is 20.3. The van der Waals surface area contributed by atoms with E-state index in [0.29, 0.717) is 28.8 Å². The van der Waals surface area contributed by atoms with E-state index in [1.807, 2.05) is 0 Å². The minimum Gasteiger partial charge on any atom is -0.469 e. The molecule has 1 aromatic heterocycles. The van der Waals surface area contributed by atoms with Gasteiger partial charge in [0.2, 0.25) is 0 Å². The Morgan fingerprint density at radius 3 is 2.18 bits per heavy atom. The molecule has 0 saturated carbocycles. The van der Waals surface area contributed by atoms with Gasteiger partial charge < -0.3 is 14.5 Å². The molecule has 1 aliphatic rings. The minimum atomic E-state index is -0.456. The van der Waals surface area contributed by atoms with Crippen LogP contribution in [0.25, 0.3) is 0 Å². The van der Waals surface area contributed by atoms with Crippen LogP contribution in [0.15, 0.2) is 30.5 Å². The van der Waals surface area contributed by atoms with Crippen molar-refractivity contribution < 1.29 is 28.7 Å². The molecule has 1 aromatic carbocycles. The molecule has 146 valence electrons. The summed E-state index contributed by atoms with van der Waals surface area (Å²) in [6.07, 6.45) is 2.15. The molecular formula is C20H20N2O6. The third-order valence-electron chi connectivity index (χ3n) is 4.74. The number of aromatic nitrogens is 1. The maximum atomic E-state index is 12.6. The number of methoxy groups -OCH3 is 2. The first-order valence-corrected chi connectivity index (χ1v) is 8.73. The van der Waals surface area contributed by atoms with Crippen molar-refractivity contribution in [3.8, 4) is 0 Å². The van der Waals surface area contributed by atoms with Crippen LogP contribution >= 0.6 is 0 Å². The predicted octanol–water partition coefficient (Wildman–Crippen LogP) is 1.63. The quantitative estimate of drug-likeness (QED) is 0.575. The maximum absolute atomic E-state index is 12.6. The number of hydrogen-bond donors (Lipinski definition) is 1. The molecule has 0 spiro atoms. The van der Waals surface area contributed by atoms with Crippen LogP contribution in [-0.2, 0) is 38.4 Å². The van der Waals surface area contributed by atoms with Gasteiger partial charge in [-0.1, -0.05) is 12.1 Å². The topological polar surface area (TPSA) is 106 Å². The predicted molar refractivity (Wildman–Crippen MR) is 97.5 cm³/mol. The van der Waals surface area contributed by atoms with Crippen molar-refractivity contribution >= 4 is 23.8 Å². The summed E-state index contributed by atoms with van der Waals surface area (Å²) in [5.41, 5.74) is 2.63. The molecule has 3 rings (SSSR count). The molecule has 0 atom stereocenters. The summed E-state index contributed by atoms with van der Waals surface area (Å²) in [5, 5.41) is 0. The number of imide groups is 1. The van der Waals surface area contributed by atoms with Crippen LogP contribution in [0.2, 0.25) is 0 Å². The van der Waals surface area contributed by atoms with Crippen LogP contribution in [0.4, 0.5) is 0 Å². The van der Waals surface area contributed by atoms with Crippen molar-refractivity contribution in [1.29, 1.82) is 0 Å². The van der Waals surface area contributed by atoms with E-state index in [9.17, 15) is 19.2 Å². The summed E-state index contributed by atoms with van der Waals surface area (Å²) in [6.45, 7) is -0.00308. The summed E-state index contributed by atoms with van der Waals surface area (Å²) in [7, 11) is 2.59. The highest BCUT2D eigenvalue weighted by atomic mass is 16.5. The fraction of sp³-hybridized carbons (Fsp3) is 0.300. The van der Waals surface area contributed by atoms with E-state index in [0.717, 1.165) is 10.5 Å². The molecule has 2 aromatic rings. The Kier molecular flexibility index (Phi) is 5.58. The summed E-state index contributed by atoms with van der Waals surface area (Å²) in [4.78, 5) is 52.7. The SMILES string of the molecule is COC(=O)CCc1c[nH]c(CN2C(=O)c3ccccc3C2=O)c1CC(=O)OC. The molecule has 8 heteroatoms. The Balaban J connectivity index is 1.86. The molecule has 0 unspecified atom stereocenters. The van der Waals surface area contributed by atoms with Crippen LogP contribution < -0.4 is 0 Å². The number of benzene rings is 1. The molecule has 1 N–H and O–H groups in total. The highest BCUT2D eigenvalue weighted by molar-refractivity contribution is 6.21. The number of aryl methyl sites for hydroxylation is 1. The number of rotatable bonds is 7. The largest absolute Gasteiger partial charge is 0.469 e. The number of aromatic amines is 1. The molecular weight excluding hydrogens is 364 g/mol. The Morgan fingerprint density at radius 1 is 1.00 bits per heavy atom. The van der Waals surface area contributed by atoms with Crippen molar-refractivity contribution in [3.05, 3.63) is 58.4 Å². The zero-order valence-electron chi connectivity index (χ0n) is 15.6. The molecule has 0 bridgehead atoms. The Hall–Kier alpha value is -3.42. The fourth-order valence-electron chi connectivity index (χ4n) is 3.22. The van der Waals surface area contributed by atoms with Crippen molar-refractivity contribution in [1.82, 2.24) is 9.88 Å². The van der Waals surface area contributed by atoms with Crippen molar-refractivity contribution in [2.24, 2.45) is 0 Å². The Labute approximate surface area is 161 Å². The van der Waals surface area contributed by atoms with Crippen LogP contribution in [-0.4, -0.2) is 47.9 Å². The molecule has 28 heavy (non-hydrogen) atoms. The molecule has 0 aliphatic carbocycles. The molecule has 2 heterocycles. The maximum Gasteiger partial charge on any atom is 0.310 e. The van der Waals surface area contributed by atoms with Crippen LogP contribution in [0, 0.1) is 0 Å². The number of nitrogens with one attached hydrogen (secondary N) is 1. The van der Waals surface area contributed by atoms with Gasteiger partial charge in [-0.2, -0.15) is 0 Å². The fourth-order valence-corrected chi connectivity index (χ4v) is 3.22. The second kappa shape index (κ2) is 8.08. The van der Waals surface area contributed by atoms with E-state index >= 15 is 0 Å². The molecule has 2 amide bonds. The highest BCUT2D eigenvalue weighted by Gasteiger charge is 2.35. The highest BCUT2D eigenvalue weighted by Crippen LogP contribution is 2.26. The van der Waals surface area contributed by atoms with Gasteiger partial charge >= 0.3 is 11.9 Å². The van der Waals surface area contributed by atoms with Crippen LogP contribution in [0.3, 0.4) is 0 Å². The number of ether oxygens (including phenoxy) is 2. The van der Waals surface area contributed by atoms with Gasteiger partial charge in [-0.15, -0.1) is 0 Å². The van der Waals surface area contributed by atoms with Crippen molar-refractivity contribution in [2.45, 2.75) is 25.8 Å². The van der Waals surface area contributed by atoms with Gasteiger partial charge in [0.1, 0.15) is 0 Å². The number of carbonyl (C=O) groups excluding carboxylic acids is 4. The van der Waals surface area contributed by atoms with Gasteiger partial charge in [0.05, 0.1) is 38.3 Å². The molecule has 0 saturated heterocycles. The number of hydrogen-bond acceptors (Lipinski definition) is 6. The van der Waals surface area contributed by atoms with Crippen molar-refractivity contribution in [3.63, 3.8) is 0 Å². The first-order valence-electron chi connectivity index (χ1n) is 8.73. The summed E-state index contributed by atoms with van der Waals surface area (Å²) in [6, 6.07) is 6.63. The lowest BCUT2D eigenvalue weighted by atomic mass is 10.0. The molecule has 8 nitrogen and oxygen atoms in total.